The van der Waals surface area contributed by atoms with Crippen molar-refractivity contribution in [1.82, 2.24) is 10.2 Å². The molecule has 1 saturated carbocycles. The fourth-order valence-corrected chi connectivity index (χ4v) is 3.01. The molecule has 0 aromatic heterocycles. The van der Waals surface area contributed by atoms with Gasteiger partial charge in [-0.05, 0) is 32.7 Å². The number of hydrogen-bond donors (Lipinski definition) is 2. The van der Waals surface area contributed by atoms with Gasteiger partial charge in [0.1, 0.15) is 0 Å². The van der Waals surface area contributed by atoms with Crippen LogP contribution in [0.2, 0.25) is 0 Å². The van der Waals surface area contributed by atoms with Gasteiger partial charge in [0.15, 0.2) is 0 Å². The molecule has 0 spiro atoms. The summed E-state index contributed by atoms with van der Waals surface area (Å²) in [5.74, 6) is 0.802. The fraction of sp³-hybridized carbons (Fsp3) is 1.00. The lowest BCUT2D eigenvalue weighted by molar-refractivity contribution is -0.0889. The molecular formula is C11H22N2O. The molecule has 1 heterocycles. The van der Waals surface area contributed by atoms with E-state index in [0.29, 0.717) is 6.04 Å². The van der Waals surface area contributed by atoms with Crippen molar-refractivity contribution in [2.24, 2.45) is 5.92 Å². The van der Waals surface area contributed by atoms with Gasteiger partial charge in [-0.15, -0.1) is 0 Å². The maximum atomic E-state index is 9.62. The summed E-state index contributed by atoms with van der Waals surface area (Å²) >= 11 is 0. The SMILES string of the molecule is CNC1CCCC1CN1CC(C)(O)C1. The van der Waals surface area contributed by atoms with Crippen LogP contribution in [-0.2, 0) is 0 Å². The topological polar surface area (TPSA) is 35.5 Å². The molecular weight excluding hydrogens is 176 g/mol. The Bertz CT molecular complexity index is 197. The van der Waals surface area contributed by atoms with Gasteiger partial charge in [0.25, 0.3) is 0 Å². The second-order valence-electron chi connectivity index (χ2n) is 5.25. The van der Waals surface area contributed by atoms with E-state index >= 15 is 0 Å². The number of β-amino-alcohol motifs (C(OH)–C–C–N with tert-alkyl or cyclic N) is 1. The summed E-state index contributed by atoms with van der Waals surface area (Å²) in [5.41, 5.74) is -0.409. The van der Waals surface area contributed by atoms with E-state index in [1.807, 2.05) is 6.92 Å². The molecule has 82 valence electrons. The standard InChI is InChI=1S/C11H22N2O/c1-11(14)7-13(8-11)6-9-4-3-5-10(9)12-2/h9-10,12,14H,3-8H2,1-2H3. The molecule has 1 aliphatic heterocycles. The molecule has 0 amide bonds. The van der Waals surface area contributed by atoms with Gasteiger partial charge in [0.05, 0.1) is 5.60 Å². The first-order valence-electron chi connectivity index (χ1n) is 5.73. The van der Waals surface area contributed by atoms with Crippen molar-refractivity contribution in [2.75, 3.05) is 26.7 Å². The lowest BCUT2D eigenvalue weighted by Crippen LogP contribution is -2.61. The third-order valence-electron chi connectivity index (χ3n) is 3.65. The molecule has 0 radical (unpaired) electrons. The van der Waals surface area contributed by atoms with E-state index in [-0.39, 0.29) is 0 Å². The smallest absolute Gasteiger partial charge is 0.0872 e. The van der Waals surface area contributed by atoms with Crippen molar-refractivity contribution < 1.29 is 5.11 Å². The van der Waals surface area contributed by atoms with Gasteiger partial charge in [-0.25, -0.2) is 0 Å². The maximum Gasteiger partial charge on any atom is 0.0872 e. The summed E-state index contributed by atoms with van der Waals surface area (Å²) in [6.07, 6.45) is 4.04. The normalized spacial score (nSPS) is 37.1. The number of rotatable bonds is 3. The zero-order valence-electron chi connectivity index (χ0n) is 9.29. The minimum absolute atomic E-state index is 0.409. The summed E-state index contributed by atoms with van der Waals surface area (Å²) in [6.45, 7) is 4.81. The van der Waals surface area contributed by atoms with Crippen LogP contribution in [0.5, 0.6) is 0 Å². The van der Waals surface area contributed by atoms with Crippen LogP contribution in [0.4, 0.5) is 0 Å². The number of nitrogens with zero attached hydrogens (tertiary/aromatic N) is 1. The van der Waals surface area contributed by atoms with Crippen molar-refractivity contribution in [3.05, 3.63) is 0 Å². The second kappa shape index (κ2) is 3.80. The van der Waals surface area contributed by atoms with Gasteiger partial charge in [0.2, 0.25) is 0 Å². The largest absolute Gasteiger partial charge is 0.388 e. The fourth-order valence-electron chi connectivity index (χ4n) is 3.01. The summed E-state index contributed by atoms with van der Waals surface area (Å²) in [6, 6.07) is 0.709. The lowest BCUT2D eigenvalue weighted by Gasteiger charge is -2.45. The van der Waals surface area contributed by atoms with Gasteiger partial charge in [0, 0.05) is 25.7 Å². The molecule has 0 aromatic rings. The Labute approximate surface area is 86.5 Å². The first-order valence-corrected chi connectivity index (χ1v) is 5.73. The van der Waals surface area contributed by atoms with Gasteiger partial charge < -0.3 is 10.4 Å². The Morgan fingerprint density at radius 1 is 1.43 bits per heavy atom. The average Bonchev–Trinajstić information content (AvgIpc) is 2.48. The van der Waals surface area contributed by atoms with E-state index < -0.39 is 5.60 Å². The summed E-state index contributed by atoms with van der Waals surface area (Å²) in [4.78, 5) is 2.38. The zero-order chi connectivity index (χ0) is 10.2. The first kappa shape index (κ1) is 10.4. The van der Waals surface area contributed by atoms with Gasteiger partial charge in [-0.1, -0.05) is 6.42 Å². The molecule has 1 saturated heterocycles. The summed E-state index contributed by atoms with van der Waals surface area (Å²) < 4.78 is 0. The van der Waals surface area contributed by atoms with Gasteiger partial charge in [-0.3, -0.25) is 4.90 Å². The highest BCUT2D eigenvalue weighted by Crippen LogP contribution is 2.29. The third-order valence-corrected chi connectivity index (χ3v) is 3.65. The molecule has 2 N–H and O–H groups in total. The number of likely N-dealkylation sites (tertiary alicyclic amines) is 1. The quantitative estimate of drug-likeness (QED) is 0.691. The molecule has 2 fully saturated rings. The molecule has 0 aromatic carbocycles. The molecule has 14 heavy (non-hydrogen) atoms. The minimum Gasteiger partial charge on any atom is -0.388 e. The van der Waals surface area contributed by atoms with E-state index in [1.54, 1.807) is 0 Å². The van der Waals surface area contributed by atoms with Crippen molar-refractivity contribution in [3.63, 3.8) is 0 Å². The van der Waals surface area contributed by atoms with Crippen molar-refractivity contribution >= 4 is 0 Å². The van der Waals surface area contributed by atoms with E-state index in [9.17, 15) is 5.11 Å². The van der Waals surface area contributed by atoms with E-state index in [2.05, 4.69) is 17.3 Å². The Hall–Kier alpha value is -0.120. The minimum atomic E-state index is -0.409. The average molecular weight is 198 g/mol. The van der Waals surface area contributed by atoms with Crippen LogP contribution in [0.3, 0.4) is 0 Å². The molecule has 3 nitrogen and oxygen atoms in total. The molecule has 2 unspecified atom stereocenters. The number of aliphatic hydroxyl groups is 1. The second-order valence-corrected chi connectivity index (χ2v) is 5.25. The Balaban J connectivity index is 1.76. The summed E-state index contributed by atoms with van der Waals surface area (Å²) in [7, 11) is 2.06. The van der Waals surface area contributed by atoms with Crippen LogP contribution in [0, 0.1) is 5.92 Å². The first-order chi connectivity index (χ1) is 6.61. The molecule has 3 heteroatoms. The van der Waals surface area contributed by atoms with E-state index in [4.69, 9.17) is 0 Å². The van der Waals surface area contributed by atoms with Crippen LogP contribution in [-0.4, -0.2) is 48.3 Å². The zero-order valence-corrected chi connectivity index (χ0v) is 9.29. The Kier molecular flexibility index (Phi) is 2.82. The van der Waals surface area contributed by atoms with Crippen molar-refractivity contribution in [1.29, 1.82) is 0 Å². The lowest BCUT2D eigenvalue weighted by atomic mass is 9.93. The molecule has 2 atom stereocenters. The van der Waals surface area contributed by atoms with Crippen LogP contribution in [0.15, 0.2) is 0 Å². The van der Waals surface area contributed by atoms with Gasteiger partial charge in [-0.2, -0.15) is 0 Å². The number of nitrogens with one attached hydrogen (secondary N) is 1. The van der Waals surface area contributed by atoms with Crippen molar-refractivity contribution in [3.8, 4) is 0 Å². The Morgan fingerprint density at radius 2 is 2.14 bits per heavy atom. The molecule has 2 rings (SSSR count). The predicted molar refractivity (Wildman–Crippen MR) is 57.3 cm³/mol. The highest BCUT2D eigenvalue weighted by Gasteiger charge is 2.38. The highest BCUT2D eigenvalue weighted by atomic mass is 16.3. The van der Waals surface area contributed by atoms with E-state index in [1.165, 1.54) is 25.8 Å². The summed E-state index contributed by atoms with van der Waals surface area (Å²) in [5, 5.41) is 13.0. The highest BCUT2D eigenvalue weighted by molar-refractivity contribution is 4.94. The van der Waals surface area contributed by atoms with Gasteiger partial charge >= 0.3 is 0 Å². The van der Waals surface area contributed by atoms with Crippen LogP contribution in [0.25, 0.3) is 0 Å². The van der Waals surface area contributed by atoms with Crippen molar-refractivity contribution in [2.45, 2.75) is 37.8 Å². The maximum absolute atomic E-state index is 9.62. The van der Waals surface area contributed by atoms with Crippen LogP contribution >= 0.6 is 0 Å². The molecule has 0 bridgehead atoms. The monoisotopic (exact) mass is 198 g/mol. The number of hydrogen-bond acceptors (Lipinski definition) is 3. The van der Waals surface area contributed by atoms with Crippen LogP contribution in [0.1, 0.15) is 26.2 Å². The van der Waals surface area contributed by atoms with E-state index in [0.717, 1.165) is 19.0 Å². The third kappa shape index (κ3) is 2.10. The molecule has 2 aliphatic rings. The predicted octanol–water partition coefficient (Wildman–Crippen LogP) is 0.441. The molecule has 1 aliphatic carbocycles. The van der Waals surface area contributed by atoms with Crippen LogP contribution < -0.4 is 5.32 Å². The Morgan fingerprint density at radius 3 is 2.71 bits per heavy atom.